The molecule has 4 heteroatoms. The fourth-order valence-electron chi connectivity index (χ4n) is 2.63. The van der Waals surface area contributed by atoms with E-state index in [1.165, 1.54) is 18.8 Å². The molecule has 1 aliphatic rings. The van der Waals surface area contributed by atoms with Crippen molar-refractivity contribution in [1.29, 1.82) is 0 Å². The summed E-state index contributed by atoms with van der Waals surface area (Å²) in [7, 11) is 2.06. The van der Waals surface area contributed by atoms with Gasteiger partial charge in [-0.15, -0.1) is 0 Å². The number of piperidine rings is 1. The van der Waals surface area contributed by atoms with Gasteiger partial charge in [-0.25, -0.2) is 4.98 Å². The Morgan fingerprint density at radius 1 is 1.53 bits per heavy atom. The van der Waals surface area contributed by atoms with Crippen LogP contribution in [0.4, 0.5) is 0 Å². The number of hydrogen-bond acceptors (Lipinski definition) is 3. The second-order valence-electron chi connectivity index (χ2n) is 5.27. The molecule has 0 saturated carbocycles. The van der Waals surface area contributed by atoms with Gasteiger partial charge in [0.05, 0.1) is 0 Å². The van der Waals surface area contributed by atoms with Crippen LogP contribution in [0.5, 0.6) is 0 Å². The summed E-state index contributed by atoms with van der Waals surface area (Å²) in [6.45, 7) is 6.62. The van der Waals surface area contributed by atoms with E-state index in [0.717, 1.165) is 32.0 Å². The van der Waals surface area contributed by atoms with E-state index in [1.54, 1.807) is 0 Å². The number of nitrogens with two attached hydrogens (primary N) is 1. The largest absolute Gasteiger partial charge is 0.338 e. The van der Waals surface area contributed by atoms with Gasteiger partial charge in [0, 0.05) is 39.0 Å². The van der Waals surface area contributed by atoms with Gasteiger partial charge in [-0.2, -0.15) is 0 Å². The van der Waals surface area contributed by atoms with Crippen LogP contribution in [-0.2, 0) is 13.5 Å². The minimum absolute atomic E-state index is 0.671. The lowest BCUT2D eigenvalue weighted by molar-refractivity contribution is 0.133. The SMILES string of the molecule is CC1CCN(CCc2nccn2C)CC1CN. The fourth-order valence-corrected chi connectivity index (χ4v) is 2.63. The van der Waals surface area contributed by atoms with Crippen molar-refractivity contribution >= 4 is 0 Å². The van der Waals surface area contributed by atoms with Gasteiger partial charge in [-0.1, -0.05) is 6.92 Å². The van der Waals surface area contributed by atoms with Crippen LogP contribution >= 0.6 is 0 Å². The summed E-state index contributed by atoms with van der Waals surface area (Å²) in [4.78, 5) is 6.90. The predicted octanol–water partition coefficient (Wildman–Crippen LogP) is 0.879. The molecule has 1 saturated heterocycles. The normalized spacial score (nSPS) is 26.3. The molecule has 17 heavy (non-hydrogen) atoms. The first kappa shape index (κ1) is 12.6. The number of aromatic nitrogens is 2. The number of hydrogen-bond donors (Lipinski definition) is 1. The van der Waals surface area contributed by atoms with Crippen molar-refractivity contribution in [1.82, 2.24) is 14.5 Å². The van der Waals surface area contributed by atoms with E-state index in [-0.39, 0.29) is 0 Å². The van der Waals surface area contributed by atoms with Gasteiger partial charge >= 0.3 is 0 Å². The van der Waals surface area contributed by atoms with Crippen LogP contribution in [0, 0.1) is 11.8 Å². The van der Waals surface area contributed by atoms with Crippen LogP contribution in [0.3, 0.4) is 0 Å². The van der Waals surface area contributed by atoms with Gasteiger partial charge in [0.1, 0.15) is 5.82 Å². The first-order valence-electron chi connectivity index (χ1n) is 6.59. The Balaban J connectivity index is 1.82. The van der Waals surface area contributed by atoms with Crippen molar-refractivity contribution < 1.29 is 0 Å². The zero-order chi connectivity index (χ0) is 12.3. The minimum Gasteiger partial charge on any atom is -0.338 e. The molecule has 2 unspecified atom stereocenters. The van der Waals surface area contributed by atoms with Crippen LogP contribution < -0.4 is 5.73 Å². The molecule has 96 valence electrons. The van der Waals surface area contributed by atoms with Crippen LogP contribution in [0.15, 0.2) is 12.4 Å². The fraction of sp³-hybridized carbons (Fsp3) is 0.769. The molecule has 0 aromatic carbocycles. The molecule has 0 amide bonds. The average molecular weight is 236 g/mol. The second-order valence-corrected chi connectivity index (χ2v) is 5.27. The van der Waals surface area contributed by atoms with Gasteiger partial charge in [0.15, 0.2) is 0 Å². The Hall–Kier alpha value is -0.870. The third kappa shape index (κ3) is 3.07. The summed E-state index contributed by atoms with van der Waals surface area (Å²) in [6, 6.07) is 0. The van der Waals surface area contributed by atoms with E-state index < -0.39 is 0 Å². The van der Waals surface area contributed by atoms with Crippen molar-refractivity contribution in [3.05, 3.63) is 18.2 Å². The van der Waals surface area contributed by atoms with Crippen molar-refractivity contribution in [2.24, 2.45) is 24.6 Å². The number of rotatable bonds is 4. The Kier molecular flexibility index (Phi) is 4.18. The molecule has 1 fully saturated rings. The summed E-state index contributed by atoms with van der Waals surface area (Å²) in [6.07, 6.45) is 6.20. The Bertz CT molecular complexity index is 347. The monoisotopic (exact) mass is 236 g/mol. The van der Waals surface area contributed by atoms with Gasteiger partial charge < -0.3 is 15.2 Å². The predicted molar refractivity (Wildman–Crippen MR) is 69.7 cm³/mol. The maximum atomic E-state index is 5.83. The third-order valence-electron chi connectivity index (χ3n) is 4.07. The molecule has 0 spiro atoms. The standard InChI is InChI=1S/C13H24N4/c1-11-3-6-17(10-12(11)9-14)7-4-13-15-5-8-16(13)2/h5,8,11-12H,3-4,6-7,9-10,14H2,1-2H3. The summed E-state index contributed by atoms with van der Waals surface area (Å²) >= 11 is 0. The van der Waals surface area contributed by atoms with Crippen LogP contribution in [-0.4, -0.2) is 40.6 Å². The first-order valence-corrected chi connectivity index (χ1v) is 6.59. The van der Waals surface area contributed by atoms with E-state index in [1.807, 2.05) is 12.4 Å². The molecule has 2 rings (SSSR count). The number of nitrogens with zero attached hydrogens (tertiary/aromatic N) is 3. The highest BCUT2D eigenvalue weighted by Gasteiger charge is 2.24. The number of imidazole rings is 1. The molecule has 1 aliphatic heterocycles. The molecular formula is C13H24N4. The van der Waals surface area contributed by atoms with Gasteiger partial charge in [-0.05, 0) is 31.3 Å². The molecule has 0 aliphatic carbocycles. The molecule has 0 radical (unpaired) electrons. The van der Waals surface area contributed by atoms with Crippen LogP contribution in [0.1, 0.15) is 19.2 Å². The summed E-state index contributed by atoms with van der Waals surface area (Å²) in [5, 5.41) is 0. The van der Waals surface area contributed by atoms with Crippen molar-refractivity contribution in [2.45, 2.75) is 19.8 Å². The second kappa shape index (κ2) is 5.65. The molecule has 4 nitrogen and oxygen atoms in total. The van der Waals surface area contributed by atoms with E-state index in [0.29, 0.717) is 5.92 Å². The maximum absolute atomic E-state index is 5.83. The van der Waals surface area contributed by atoms with Gasteiger partial charge in [0.2, 0.25) is 0 Å². The number of aryl methyl sites for hydroxylation is 1. The average Bonchev–Trinajstić information content (AvgIpc) is 2.74. The quantitative estimate of drug-likeness (QED) is 0.844. The van der Waals surface area contributed by atoms with Crippen molar-refractivity contribution in [3.63, 3.8) is 0 Å². The molecule has 2 atom stereocenters. The summed E-state index contributed by atoms with van der Waals surface area (Å²) in [5.41, 5.74) is 5.83. The highest BCUT2D eigenvalue weighted by molar-refractivity contribution is 4.92. The highest BCUT2D eigenvalue weighted by atomic mass is 15.1. The molecule has 1 aromatic rings. The third-order valence-corrected chi connectivity index (χ3v) is 4.07. The van der Waals surface area contributed by atoms with Crippen LogP contribution in [0.2, 0.25) is 0 Å². The first-order chi connectivity index (χ1) is 8.20. The zero-order valence-corrected chi connectivity index (χ0v) is 11.0. The van der Waals surface area contributed by atoms with Crippen molar-refractivity contribution in [3.8, 4) is 0 Å². The Morgan fingerprint density at radius 3 is 3.00 bits per heavy atom. The molecule has 2 N–H and O–H groups in total. The summed E-state index contributed by atoms with van der Waals surface area (Å²) in [5.74, 6) is 2.63. The lowest BCUT2D eigenvalue weighted by atomic mass is 9.87. The lowest BCUT2D eigenvalue weighted by Crippen LogP contribution is -2.43. The van der Waals surface area contributed by atoms with E-state index in [2.05, 4.69) is 28.4 Å². The topological polar surface area (TPSA) is 47.1 Å². The Morgan fingerprint density at radius 2 is 2.35 bits per heavy atom. The zero-order valence-electron chi connectivity index (χ0n) is 11.0. The van der Waals surface area contributed by atoms with E-state index in [9.17, 15) is 0 Å². The highest BCUT2D eigenvalue weighted by Crippen LogP contribution is 2.22. The lowest BCUT2D eigenvalue weighted by Gasteiger charge is -2.36. The Labute approximate surface area is 104 Å². The maximum Gasteiger partial charge on any atom is 0.109 e. The smallest absolute Gasteiger partial charge is 0.109 e. The molecular weight excluding hydrogens is 212 g/mol. The molecule has 2 heterocycles. The van der Waals surface area contributed by atoms with E-state index >= 15 is 0 Å². The van der Waals surface area contributed by atoms with Crippen molar-refractivity contribution in [2.75, 3.05) is 26.2 Å². The minimum atomic E-state index is 0.671. The molecule has 0 bridgehead atoms. The van der Waals surface area contributed by atoms with E-state index in [4.69, 9.17) is 5.73 Å². The number of likely N-dealkylation sites (tertiary alicyclic amines) is 1. The van der Waals surface area contributed by atoms with Crippen LogP contribution in [0.25, 0.3) is 0 Å². The summed E-state index contributed by atoms with van der Waals surface area (Å²) < 4.78 is 2.10. The van der Waals surface area contributed by atoms with Gasteiger partial charge in [0.25, 0.3) is 0 Å². The van der Waals surface area contributed by atoms with Gasteiger partial charge in [-0.3, -0.25) is 0 Å². The molecule has 1 aromatic heterocycles.